The first-order valence-corrected chi connectivity index (χ1v) is 9.30. The van der Waals surface area contributed by atoms with Crippen LogP contribution in [-0.2, 0) is 16.1 Å². The van der Waals surface area contributed by atoms with E-state index in [1.54, 1.807) is 31.5 Å². The van der Waals surface area contributed by atoms with Crippen molar-refractivity contribution in [2.24, 2.45) is 0 Å². The Morgan fingerprint density at radius 3 is 2.65 bits per heavy atom. The topological polar surface area (TPSA) is 131 Å². The third-order valence-electron chi connectivity index (χ3n) is 4.07. The summed E-state index contributed by atoms with van der Waals surface area (Å²) in [4.78, 5) is 28.3. The van der Waals surface area contributed by atoms with E-state index < -0.39 is 11.8 Å². The smallest absolute Gasteiger partial charge is 0.315 e. The lowest BCUT2D eigenvalue weighted by molar-refractivity contribution is -0.133. The molecule has 0 saturated carbocycles. The summed E-state index contributed by atoms with van der Waals surface area (Å²) in [5.74, 6) is -0.158. The van der Waals surface area contributed by atoms with Gasteiger partial charge in [-0.3, -0.25) is 14.3 Å². The summed E-state index contributed by atoms with van der Waals surface area (Å²) in [5, 5.41) is 17.5. The van der Waals surface area contributed by atoms with Gasteiger partial charge in [0.25, 0.3) is 0 Å². The van der Waals surface area contributed by atoms with E-state index in [9.17, 15) is 9.59 Å². The molecular weight excluding hydrogens is 400 g/mol. The molecule has 0 spiro atoms. The Bertz CT molecular complexity index is 1120. The lowest BCUT2D eigenvalue weighted by Gasteiger charge is -2.10. The highest BCUT2D eigenvalue weighted by Crippen LogP contribution is 2.31. The van der Waals surface area contributed by atoms with Crippen LogP contribution >= 0.6 is 0 Å². The first-order chi connectivity index (χ1) is 15.0. The number of nitrogens with one attached hydrogen (secondary N) is 2. The normalized spacial score (nSPS) is 10.1. The number of aromatic nitrogens is 3. The van der Waals surface area contributed by atoms with Gasteiger partial charge in [0.2, 0.25) is 5.88 Å². The molecule has 0 aliphatic carbocycles. The average Bonchev–Trinajstić information content (AvgIpc) is 3.21. The zero-order valence-corrected chi connectivity index (χ0v) is 17.0. The largest absolute Gasteiger partial charge is 0.493 e. The Morgan fingerprint density at radius 1 is 1.13 bits per heavy atom. The molecule has 2 amide bonds. The standard InChI is InChI=1S/C21H20N6O4/c1-14-4-6-16(17(12-14)30-2)31-19-7-5-15(13-23-19)24-20(28)21(29)25-18-8-11-27(26-18)10-3-9-22/h4-8,11-13H,3,10H2,1-2H3,(H,24,28)(H,25,26,29). The predicted molar refractivity (Wildman–Crippen MR) is 112 cm³/mol. The molecule has 0 atom stereocenters. The van der Waals surface area contributed by atoms with Gasteiger partial charge in [0.1, 0.15) is 0 Å². The van der Waals surface area contributed by atoms with Gasteiger partial charge in [-0.2, -0.15) is 10.4 Å². The third-order valence-corrected chi connectivity index (χ3v) is 4.07. The van der Waals surface area contributed by atoms with Gasteiger partial charge in [0.15, 0.2) is 17.3 Å². The van der Waals surface area contributed by atoms with E-state index in [1.807, 2.05) is 25.1 Å². The monoisotopic (exact) mass is 420 g/mol. The summed E-state index contributed by atoms with van der Waals surface area (Å²) in [6.07, 6.45) is 3.27. The van der Waals surface area contributed by atoms with Gasteiger partial charge in [0.05, 0.1) is 38.0 Å². The molecule has 2 N–H and O–H groups in total. The summed E-state index contributed by atoms with van der Waals surface area (Å²) in [6, 6.07) is 12.2. The van der Waals surface area contributed by atoms with Crippen LogP contribution in [0.4, 0.5) is 11.5 Å². The lowest BCUT2D eigenvalue weighted by Crippen LogP contribution is -2.29. The quantitative estimate of drug-likeness (QED) is 0.562. The molecule has 10 nitrogen and oxygen atoms in total. The Labute approximate surface area is 178 Å². The highest BCUT2D eigenvalue weighted by atomic mass is 16.5. The number of carbonyl (C=O) groups excluding carboxylic acids is 2. The maximum Gasteiger partial charge on any atom is 0.315 e. The first-order valence-electron chi connectivity index (χ1n) is 9.30. The van der Waals surface area contributed by atoms with Crippen LogP contribution in [0.5, 0.6) is 17.4 Å². The van der Waals surface area contributed by atoms with Crippen LogP contribution in [-0.4, -0.2) is 33.7 Å². The molecule has 2 heterocycles. The number of amides is 2. The van der Waals surface area contributed by atoms with Crippen molar-refractivity contribution in [2.45, 2.75) is 19.9 Å². The number of carbonyl (C=O) groups is 2. The molecule has 3 rings (SSSR count). The van der Waals surface area contributed by atoms with Gasteiger partial charge in [-0.1, -0.05) is 6.07 Å². The van der Waals surface area contributed by atoms with Crippen molar-refractivity contribution < 1.29 is 19.1 Å². The molecule has 0 unspecified atom stereocenters. The second kappa shape index (κ2) is 9.89. The fourth-order valence-corrected chi connectivity index (χ4v) is 2.56. The number of anilines is 2. The number of nitrogens with zero attached hydrogens (tertiary/aromatic N) is 4. The highest BCUT2D eigenvalue weighted by molar-refractivity contribution is 6.43. The van der Waals surface area contributed by atoms with Crippen LogP contribution in [0.1, 0.15) is 12.0 Å². The number of ether oxygens (including phenoxy) is 2. The maximum atomic E-state index is 12.1. The number of hydrogen-bond donors (Lipinski definition) is 2. The van der Waals surface area contributed by atoms with Crippen LogP contribution in [0.25, 0.3) is 0 Å². The summed E-state index contributed by atoms with van der Waals surface area (Å²) < 4.78 is 12.5. The zero-order valence-electron chi connectivity index (χ0n) is 17.0. The second-order valence-electron chi connectivity index (χ2n) is 6.42. The van der Waals surface area contributed by atoms with Gasteiger partial charge in [0, 0.05) is 18.3 Å². The molecule has 0 aliphatic rings. The van der Waals surface area contributed by atoms with Crippen LogP contribution in [0.3, 0.4) is 0 Å². The van der Waals surface area contributed by atoms with Crippen molar-refractivity contribution in [3.8, 4) is 23.4 Å². The minimum atomic E-state index is -0.879. The number of nitriles is 1. The third kappa shape index (κ3) is 5.80. The molecule has 158 valence electrons. The number of aryl methyl sites for hydroxylation is 2. The van der Waals surface area contributed by atoms with Crippen LogP contribution in [0, 0.1) is 18.3 Å². The number of rotatable bonds is 7. The molecule has 2 aromatic heterocycles. The van der Waals surface area contributed by atoms with Gasteiger partial charge >= 0.3 is 11.8 Å². The van der Waals surface area contributed by atoms with Crippen molar-refractivity contribution in [3.05, 3.63) is 54.4 Å². The van der Waals surface area contributed by atoms with Crippen molar-refractivity contribution >= 4 is 23.3 Å². The van der Waals surface area contributed by atoms with E-state index in [0.29, 0.717) is 36.0 Å². The number of hydrogen-bond acceptors (Lipinski definition) is 7. The van der Waals surface area contributed by atoms with Crippen LogP contribution < -0.4 is 20.1 Å². The maximum absolute atomic E-state index is 12.1. The number of benzene rings is 1. The number of methoxy groups -OCH3 is 1. The zero-order chi connectivity index (χ0) is 22.2. The Hall–Kier alpha value is -4.39. The lowest BCUT2D eigenvalue weighted by atomic mass is 10.2. The number of pyridine rings is 1. The van der Waals surface area contributed by atoms with Crippen molar-refractivity contribution in [1.82, 2.24) is 14.8 Å². The summed E-state index contributed by atoms with van der Waals surface area (Å²) >= 11 is 0. The van der Waals surface area contributed by atoms with Crippen molar-refractivity contribution in [2.75, 3.05) is 17.7 Å². The van der Waals surface area contributed by atoms with Gasteiger partial charge in [-0.05, 0) is 30.7 Å². The summed E-state index contributed by atoms with van der Waals surface area (Å²) in [7, 11) is 1.55. The van der Waals surface area contributed by atoms with Gasteiger partial charge < -0.3 is 20.1 Å². The Kier molecular flexibility index (Phi) is 6.80. The molecule has 3 aromatic rings. The highest BCUT2D eigenvalue weighted by Gasteiger charge is 2.16. The minimum absolute atomic E-state index is 0.215. The Balaban J connectivity index is 1.56. The molecule has 0 bridgehead atoms. The van der Waals surface area contributed by atoms with Crippen molar-refractivity contribution in [1.29, 1.82) is 5.26 Å². The first kappa shape index (κ1) is 21.3. The van der Waals surface area contributed by atoms with E-state index in [-0.39, 0.29) is 5.82 Å². The summed E-state index contributed by atoms with van der Waals surface area (Å²) in [5.41, 5.74) is 1.35. The summed E-state index contributed by atoms with van der Waals surface area (Å²) in [6.45, 7) is 2.34. The molecule has 1 aromatic carbocycles. The van der Waals surface area contributed by atoms with Crippen LogP contribution in [0.2, 0.25) is 0 Å². The molecule has 0 saturated heterocycles. The molecule has 0 radical (unpaired) electrons. The van der Waals surface area contributed by atoms with Gasteiger partial charge in [-0.15, -0.1) is 0 Å². The molecule has 31 heavy (non-hydrogen) atoms. The van der Waals surface area contributed by atoms with E-state index in [2.05, 4.69) is 20.7 Å². The molecule has 10 heteroatoms. The second-order valence-corrected chi connectivity index (χ2v) is 6.42. The SMILES string of the molecule is COc1cc(C)ccc1Oc1ccc(NC(=O)C(=O)Nc2ccn(CCC#N)n2)cn1. The van der Waals surface area contributed by atoms with E-state index in [1.165, 1.54) is 16.9 Å². The average molecular weight is 420 g/mol. The van der Waals surface area contributed by atoms with E-state index in [0.717, 1.165) is 5.56 Å². The molecule has 0 fully saturated rings. The molecular formula is C21H20N6O4. The minimum Gasteiger partial charge on any atom is -0.493 e. The van der Waals surface area contributed by atoms with E-state index in [4.69, 9.17) is 14.7 Å². The Morgan fingerprint density at radius 2 is 1.94 bits per heavy atom. The van der Waals surface area contributed by atoms with Crippen LogP contribution in [0.15, 0.2) is 48.8 Å². The molecule has 0 aliphatic heterocycles. The fraction of sp³-hybridized carbons (Fsp3) is 0.190. The van der Waals surface area contributed by atoms with Gasteiger partial charge in [-0.25, -0.2) is 4.98 Å². The van der Waals surface area contributed by atoms with E-state index >= 15 is 0 Å². The van der Waals surface area contributed by atoms with Crippen molar-refractivity contribution in [3.63, 3.8) is 0 Å². The predicted octanol–water partition coefficient (Wildman–Crippen LogP) is 2.88. The fourth-order valence-electron chi connectivity index (χ4n) is 2.56.